The summed E-state index contributed by atoms with van der Waals surface area (Å²) in [6.07, 6.45) is 4.04. The molecule has 0 aromatic heterocycles. The standard InChI is InChI=1S/C15H29N3O3S.ClH/c1-3-10-22(20,21)18-8-5-4-6-14(18)15(19)17-9-7-13(12-17)11-16-2;/h13-14,16H,3-12H2,1-2H3;1H. The number of halogens is 1. The molecule has 6 nitrogen and oxygen atoms in total. The number of nitrogens with one attached hydrogen (secondary N) is 1. The molecule has 2 heterocycles. The number of carbonyl (C=O) groups excluding carboxylic acids is 1. The fraction of sp³-hybridized carbons (Fsp3) is 0.933. The Balaban J connectivity index is 0.00000264. The Morgan fingerprint density at radius 3 is 2.61 bits per heavy atom. The molecule has 0 aromatic rings. The van der Waals surface area contributed by atoms with Crippen LogP contribution in [0.2, 0.25) is 0 Å². The third-order valence-corrected chi connectivity index (χ3v) is 6.72. The number of piperidine rings is 1. The molecule has 0 aliphatic carbocycles. The first-order valence-corrected chi connectivity index (χ1v) is 10.0. The lowest BCUT2D eigenvalue weighted by Crippen LogP contribution is -2.53. The van der Waals surface area contributed by atoms with Crippen molar-refractivity contribution < 1.29 is 13.2 Å². The first kappa shape index (κ1) is 20.7. The van der Waals surface area contributed by atoms with E-state index < -0.39 is 16.1 Å². The molecule has 2 rings (SSSR count). The zero-order valence-corrected chi connectivity index (χ0v) is 15.8. The summed E-state index contributed by atoms with van der Waals surface area (Å²) in [6, 6.07) is -0.473. The second-order valence-corrected chi connectivity index (χ2v) is 8.48. The molecular weight excluding hydrogens is 338 g/mol. The molecule has 2 aliphatic heterocycles. The molecule has 1 N–H and O–H groups in total. The number of hydrogen-bond donors (Lipinski definition) is 1. The molecule has 2 aliphatic rings. The van der Waals surface area contributed by atoms with Gasteiger partial charge in [-0.2, -0.15) is 4.31 Å². The first-order chi connectivity index (χ1) is 10.5. The van der Waals surface area contributed by atoms with Gasteiger partial charge in [0.15, 0.2) is 0 Å². The summed E-state index contributed by atoms with van der Waals surface area (Å²) < 4.78 is 26.3. The molecule has 1 amide bonds. The zero-order valence-electron chi connectivity index (χ0n) is 14.2. The molecule has 0 spiro atoms. The number of carbonyl (C=O) groups is 1. The molecule has 23 heavy (non-hydrogen) atoms. The molecular formula is C15H30ClN3O3S. The highest BCUT2D eigenvalue weighted by Crippen LogP contribution is 2.25. The van der Waals surface area contributed by atoms with Crippen molar-refractivity contribution in [2.24, 2.45) is 5.92 Å². The Labute approximate surface area is 146 Å². The van der Waals surface area contributed by atoms with Crippen molar-refractivity contribution >= 4 is 28.3 Å². The van der Waals surface area contributed by atoms with Crippen LogP contribution in [0.15, 0.2) is 0 Å². The smallest absolute Gasteiger partial charge is 0.241 e. The molecule has 2 unspecified atom stereocenters. The molecule has 0 aromatic carbocycles. The lowest BCUT2D eigenvalue weighted by Gasteiger charge is -2.35. The van der Waals surface area contributed by atoms with Gasteiger partial charge in [0.05, 0.1) is 5.75 Å². The number of hydrogen-bond acceptors (Lipinski definition) is 4. The van der Waals surface area contributed by atoms with Crippen LogP contribution in [0.3, 0.4) is 0 Å². The Morgan fingerprint density at radius 1 is 1.22 bits per heavy atom. The lowest BCUT2D eigenvalue weighted by atomic mass is 10.0. The SMILES string of the molecule is CCCS(=O)(=O)N1CCCCC1C(=O)N1CCC(CNC)C1.Cl. The number of likely N-dealkylation sites (tertiary alicyclic amines) is 1. The Morgan fingerprint density at radius 2 is 1.96 bits per heavy atom. The Kier molecular flexibility index (Phi) is 8.27. The monoisotopic (exact) mass is 367 g/mol. The van der Waals surface area contributed by atoms with E-state index >= 15 is 0 Å². The summed E-state index contributed by atoms with van der Waals surface area (Å²) in [5, 5.41) is 3.15. The fourth-order valence-corrected chi connectivity index (χ4v) is 5.30. The fourth-order valence-electron chi connectivity index (χ4n) is 3.56. The summed E-state index contributed by atoms with van der Waals surface area (Å²) in [4.78, 5) is 14.7. The van der Waals surface area contributed by atoms with Gasteiger partial charge in [0.1, 0.15) is 6.04 Å². The first-order valence-electron chi connectivity index (χ1n) is 8.42. The van der Waals surface area contributed by atoms with Crippen LogP contribution >= 0.6 is 12.4 Å². The van der Waals surface area contributed by atoms with Crippen LogP contribution < -0.4 is 5.32 Å². The van der Waals surface area contributed by atoms with E-state index in [1.807, 2.05) is 18.9 Å². The number of amides is 1. The topological polar surface area (TPSA) is 69.7 Å². The number of nitrogens with zero attached hydrogens (tertiary/aromatic N) is 2. The third-order valence-electron chi connectivity index (χ3n) is 4.65. The minimum absolute atomic E-state index is 0. The molecule has 0 bridgehead atoms. The van der Waals surface area contributed by atoms with E-state index in [0.717, 1.165) is 38.9 Å². The molecule has 2 saturated heterocycles. The Hall–Kier alpha value is -0.370. The maximum Gasteiger partial charge on any atom is 0.241 e. The maximum atomic E-state index is 12.8. The minimum atomic E-state index is -3.31. The van der Waals surface area contributed by atoms with Gasteiger partial charge in [0.2, 0.25) is 15.9 Å². The Bertz CT molecular complexity index is 486. The second-order valence-electron chi connectivity index (χ2n) is 6.43. The summed E-state index contributed by atoms with van der Waals surface area (Å²) in [7, 11) is -1.39. The van der Waals surface area contributed by atoms with Gasteiger partial charge in [-0.05, 0) is 45.2 Å². The van der Waals surface area contributed by atoms with Gasteiger partial charge in [0.25, 0.3) is 0 Å². The van der Waals surface area contributed by atoms with Gasteiger partial charge < -0.3 is 10.2 Å². The van der Waals surface area contributed by atoms with E-state index in [1.54, 1.807) is 0 Å². The molecule has 0 saturated carbocycles. The van der Waals surface area contributed by atoms with Crippen LogP contribution in [0.25, 0.3) is 0 Å². The maximum absolute atomic E-state index is 12.8. The summed E-state index contributed by atoms with van der Waals surface area (Å²) >= 11 is 0. The van der Waals surface area contributed by atoms with Crippen molar-refractivity contribution in [2.45, 2.75) is 45.1 Å². The van der Waals surface area contributed by atoms with Crippen molar-refractivity contribution in [3.63, 3.8) is 0 Å². The lowest BCUT2D eigenvalue weighted by molar-refractivity contribution is -0.135. The molecule has 136 valence electrons. The van der Waals surface area contributed by atoms with Gasteiger partial charge in [-0.25, -0.2) is 8.42 Å². The summed E-state index contributed by atoms with van der Waals surface area (Å²) in [5.74, 6) is 0.635. The molecule has 2 fully saturated rings. The zero-order chi connectivity index (χ0) is 16.2. The average Bonchev–Trinajstić information content (AvgIpc) is 2.95. The van der Waals surface area contributed by atoms with Crippen molar-refractivity contribution in [1.29, 1.82) is 0 Å². The summed E-state index contributed by atoms with van der Waals surface area (Å²) in [6.45, 7) is 4.77. The molecule has 8 heteroatoms. The number of sulfonamides is 1. The van der Waals surface area contributed by atoms with E-state index in [1.165, 1.54) is 4.31 Å². The van der Waals surface area contributed by atoms with E-state index in [-0.39, 0.29) is 24.1 Å². The predicted octanol–water partition coefficient (Wildman–Crippen LogP) is 1.07. The molecule has 2 atom stereocenters. The van der Waals surface area contributed by atoms with E-state index in [4.69, 9.17) is 0 Å². The van der Waals surface area contributed by atoms with Crippen molar-refractivity contribution in [3.05, 3.63) is 0 Å². The second kappa shape index (κ2) is 9.20. The van der Waals surface area contributed by atoms with Gasteiger partial charge in [-0.1, -0.05) is 13.3 Å². The predicted molar refractivity (Wildman–Crippen MR) is 94.3 cm³/mol. The highest BCUT2D eigenvalue weighted by Gasteiger charge is 2.39. The van der Waals surface area contributed by atoms with Gasteiger partial charge in [0, 0.05) is 19.6 Å². The van der Waals surface area contributed by atoms with Crippen LogP contribution in [0, 0.1) is 5.92 Å². The normalized spacial score (nSPS) is 26.1. The van der Waals surface area contributed by atoms with Crippen LogP contribution in [-0.4, -0.2) is 68.6 Å². The quantitative estimate of drug-likeness (QED) is 0.762. The van der Waals surface area contributed by atoms with E-state index in [9.17, 15) is 13.2 Å². The van der Waals surface area contributed by atoms with Gasteiger partial charge in [-0.15, -0.1) is 12.4 Å². The minimum Gasteiger partial charge on any atom is -0.341 e. The van der Waals surface area contributed by atoms with Crippen molar-refractivity contribution in [2.75, 3.05) is 39.0 Å². The van der Waals surface area contributed by atoms with Crippen molar-refractivity contribution in [3.8, 4) is 0 Å². The van der Waals surface area contributed by atoms with Crippen LogP contribution in [-0.2, 0) is 14.8 Å². The largest absolute Gasteiger partial charge is 0.341 e. The van der Waals surface area contributed by atoms with Gasteiger partial charge in [-0.3, -0.25) is 4.79 Å². The van der Waals surface area contributed by atoms with Crippen LogP contribution in [0.1, 0.15) is 39.0 Å². The van der Waals surface area contributed by atoms with Crippen LogP contribution in [0.5, 0.6) is 0 Å². The van der Waals surface area contributed by atoms with Gasteiger partial charge >= 0.3 is 0 Å². The van der Waals surface area contributed by atoms with E-state index in [2.05, 4.69) is 5.32 Å². The van der Waals surface area contributed by atoms with Crippen LogP contribution in [0.4, 0.5) is 0 Å². The van der Waals surface area contributed by atoms with E-state index in [0.29, 0.717) is 25.3 Å². The average molecular weight is 368 g/mol. The van der Waals surface area contributed by atoms with Crippen molar-refractivity contribution in [1.82, 2.24) is 14.5 Å². The highest BCUT2D eigenvalue weighted by atomic mass is 35.5. The summed E-state index contributed by atoms with van der Waals surface area (Å²) in [5.41, 5.74) is 0. The molecule has 0 radical (unpaired) electrons. The highest BCUT2D eigenvalue weighted by molar-refractivity contribution is 7.89. The third kappa shape index (κ3) is 5.05. The number of rotatable bonds is 6.